The highest BCUT2D eigenvalue weighted by Crippen LogP contribution is 2.30. The molecule has 2 aliphatic rings. The molecule has 108 valence electrons. The van der Waals surface area contributed by atoms with Crippen molar-refractivity contribution in [2.24, 2.45) is 0 Å². The van der Waals surface area contributed by atoms with Crippen LogP contribution in [0.5, 0.6) is 0 Å². The number of pyridine rings is 1. The van der Waals surface area contributed by atoms with Crippen molar-refractivity contribution in [3.8, 4) is 0 Å². The minimum atomic E-state index is 0.0510. The number of nitrogens with one attached hydrogen (secondary N) is 1. The molecule has 6 heteroatoms. The minimum absolute atomic E-state index is 0.0510. The summed E-state index contributed by atoms with van der Waals surface area (Å²) >= 11 is 0. The van der Waals surface area contributed by atoms with Crippen LogP contribution in [0, 0.1) is 0 Å². The largest absolute Gasteiger partial charge is 0.396 e. The summed E-state index contributed by atoms with van der Waals surface area (Å²) in [5, 5.41) is 2.86. The molecule has 0 bridgehead atoms. The molecule has 0 aliphatic carbocycles. The summed E-state index contributed by atoms with van der Waals surface area (Å²) in [6.07, 6.45) is 5.24. The van der Waals surface area contributed by atoms with Crippen LogP contribution in [0.4, 0.5) is 17.3 Å². The van der Waals surface area contributed by atoms with Gasteiger partial charge in [0.25, 0.3) is 0 Å². The first-order valence-electron chi connectivity index (χ1n) is 7.27. The average molecular weight is 275 g/mol. The Morgan fingerprint density at radius 1 is 1.25 bits per heavy atom. The van der Waals surface area contributed by atoms with Crippen LogP contribution in [-0.4, -0.2) is 37.2 Å². The monoisotopic (exact) mass is 275 g/mol. The number of nitrogens with zero attached hydrogens (tertiary/aromatic N) is 3. The first-order valence-corrected chi connectivity index (χ1v) is 7.27. The maximum atomic E-state index is 10.7. The van der Waals surface area contributed by atoms with Gasteiger partial charge in [0.15, 0.2) is 5.82 Å². The fraction of sp³-hybridized carbons (Fsp3) is 0.571. The van der Waals surface area contributed by atoms with Gasteiger partial charge >= 0.3 is 0 Å². The molecule has 20 heavy (non-hydrogen) atoms. The molecule has 2 aliphatic heterocycles. The number of amides is 1. The van der Waals surface area contributed by atoms with Crippen molar-refractivity contribution in [3.05, 3.63) is 12.1 Å². The van der Waals surface area contributed by atoms with Crippen molar-refractivity contribution in [1.29, 1.82) is 0 Å². The number of anilines is 3. The van der Waals surface area contributed by atoms with Gasteiger partial charge in [-0.1, -0.05) is 0 Å². The molecular formula is C14H21N5O. The Labute approximate surface area is 118 Å². The predicted molar refractivity (Wildman–Crippen MR) is 79.7 cm³/mol. The molecule has 0 aromatic carbocycles. The molecule has 0 radical (unpaired) electrons. The Morgan fingerprint density at radius 2 is 2.05 bits per heavy atom. The normalized spacial score (nSPS) is 22.3. The van der Waals surface area contributed by atoms with E-state index < -0.39 is 0 Å². The van der Waals surface area contributed by atoms with E-state index >= 15 is 0 Å². The molecule has 6 nitrogen and oxygen atoms in total. The highest BCUT2D eigenvalue weighted by molar-refractivity contribution is 5.67. The standard InChI is InChI=1S/C14H21N5O/c15-11-5-6-13(17-14(11)18-7-1-2-8-18)19-9-3-4-12(19)16-10-20/h5-6,10,12H,1-4,7-9,15H2,(H,16,20). The lowest BCUT2D eigenvalue weighted by Gasteiger charge is -2.27. The number of carbonyl (C=O) groups excluding carboxylic acids is 1. The molecule has 3 rings (SSSR count). The molecule has 3 heterocycles. The lowest BCUT2D eigenvalue weighted by atomic mass is 10.3. The molecule has 1 amide bonds. The van der Waals surface area contributed by atoms with Gasteiger partial charge in [-0.15, -0.1) is 0 Å². The van der Waals surface area contributed by atoms with E-state index in [1.54, 1.807) is 0 Å². The van der Waals surface area contributed by atoms with Crippen molar-refractivity contribution in [3.63, 3.8) is 0 Å². The fourth-order valence-corrected chi connectivity index (χ4v) is 3.08. The van der Waals surface area contributed by atoms with Crippen LogP contribution in [0.1, 0.15) is 25.7 Å². The summed E-state index contributed by atoms with van der Waals surface area (Å²) in [5.41, 5.74) is 6.80. The van der Waals surface area contributed by atoms with Crippen molar-refractivity contribution < 1.29 is 4.79 Å². The zero-order chi connectivity index (χ0) is 13.9. The van der Waals surface area contributed by atoms with Crippen molar-refractivity contribution in [2.75, 3.05) is 35.2 Å². The third kappa shape index (κ3) is 2.37. The van der Waals surface area contributed by atoms with E-state index in [4.69, 9.17) is 10.7 Å². The van der Waals surface area contributed by atoms with Crippen molar-refractivity contribution >= 4 is 23.7 Å². The second-order valence-electron chi connectivity index (χ2n) is 5.41. The Hall–Kier alpha value is -1.98. The van der Waals surface area contributed by atoms with E-state index in [2.05, 4.69) is 15.1 Å². The van der Waals surface area contributed by atoms with E-state index in [-0.39, 0.29) is 6.17 Å². The second kappa shape index (κ2) is 5.56. The first kappa shape index (κ1) is 13.0. The highest BCUT2D eigenvalue weighted by atomic mass is 16.1. The summed E-state index contributed by atoms with van der Waals surface area (Å²) < 4.78 is 0. The summed E-state index contributed by atoms with van der Waals surface area (Å²) in [6.45, 7) is 2.97. The Kier molecular flexibility index (Phi) is 3.62. The molecule has 2 saturated heterocycles. The Bertz CT molecular complexity index is 486. The molecule has 3 N–H and O–H groups in total. The van der Waals surface area contributed by atoms with Crippen LogP contribution < -0.4 is 20.9 Å². The quantitative estimate of drug-likeness (QED) is 0.800. The SMILES string of the molecule is Nc1ccc(N2CCCC2NC=O)nc1N1CCCC1. The van der Waals surface area contributed by atoms with E-state index in [1.807, 2.05) is 12.1 Å². The number of rotatable bonds is 4. The molecular weight excluding hydrogens is 254 g/mol. The van der Waals surface area contributed by atoms with Gasteiger partial charge in [0.1, 0.15) is 12.0 Å². The maximum Gasteiger partial charge on any atom is 0.208 e. The van der Waals surface area contributed by atoms with Gasteiger partial charge < -0.3 is 20.9 Å². The predicted octanol–water partition coefficient (Wildman–Crippen LogP) is 0.936. The summed E-state index contributed by atoms with van der Waals surface area (Å²) in [6, 6.07) is 3.87. The van der Waals surface area contributed by atoms with Crippen LogP contribution in [0.15, 0.2) is 12.1 Å². The smallest absolute Gasteiger partial charge is 0.208 e. The second-order valence-corrected chi connectivity index (χ2v) is 5.41. The number of hydrogen-bond acceptors (Lipinski definition) is 5. The van der Waals surface area contributed by atoms with Gasteiger partial charge in [-0.25, -0.2) is 4.98 Å². The van der Waals surface area contributed by atoms with Gasteiger partial charge in [0.05, 0.1) is 5.69 Å². The molecule has 1 unspecified atom stereocenters. The van der Waals surface area contributed by atoms with E-state index in [9.17, 15) is 4.79 Å². The van der Waals surface area contributed by atoms with Gasteiger partial charge in [-0.3, -0.25) is 4.79 Å². The zero-order valence-electron chi connectivity index (χ0n) is 11.6. The van der Waals surface area contributed by atoms with Gasteiger partial charge in [0.2, 0.25) is 6.41 Å². The molecule has 1 atom stereocenters. The number of aromatic nitrogens is 1. The number of hydrogen-bond donors (Lipinski definition) is 2. The minimum Gasteiger partial charge on any atom is -0.396 e. The van der Waals surface area contributed by atoms with Gasteiger partial charge in [-0.2, -0.15) is 0 Å². The third-order valence-electron chi connectivity index (χ3n) is 4.10. The summed E-state index contributed by atoms with van der Waals surface area (Å²) in [4.78, 5) is 19.8. The van der Waals surface area contributed by atoms with Crippen LogP contribution in [0.3, 0.4) is 0 Å². The average Bonchev–Trinajstić information content (AvgIpc) is 3.11. The molecule has 1 aromatic rings. The number of nitrogen functional groups attached to an aromatic ring is 1. The molecule has 0 spiro atoms. The lowest BCUT2D eigenvalue weighted by Crippen LogP contribution is -2.41. The summed E-state index contributed by atoms with van der Waals surface area (Å²) in [5.74, 6) is 1.79. The Balaban J connectivity index is 1.86. The summed E-state index contributed by atoms with van der Waals surface area (Å²) in [7, 11) is 0. The first-order chi connectivity index (χ1) is 9.79. The fourth-order valence-electron chi connectivity index (χ4n) is 3.08. The van der Waals surface area contributed by atoms with Crippen LogP contribution in [0.25, 0.3) is 0 Å². The molecule has 0 saturated carbocycles. The van der Waals surface area contributed by atoms with E-state index in [0.717, 1.165) is 56.2 Å². The lowest BCUT2D eigenvalue weighted by molar-refractivity contribution is -0.110. The number of nitrogens with two attached hydrogens (primary N) is 1. The topological polar surface area (TPSA) is 74.5 Å². The van der Waals surface area contributed by atoms with Crippen molar-refractivity contribution in [2.45, 2.75) is 31.8 Å². The molecule has 1 aromatic heterocycles. The Morgan fingerprint density at radius 3 is 2.80 bits per heavy atom. The molecule has 2 fully saturated rings. The third-order valence-corrected chi connectivity index (χ3v) is 4.10. The maximum absolute atomic E-state index is 10.7. The van der Waals surface area contributed by atoms with Gasteiger partial charge in [0, 0.05) is 19.6 Å². The van der Waals surface area contributed by atoms with Crippen LogP contribution >= 0.6 is 0 Å². The number of carbonyl (C=O) groups is 1. The zero-order valence-corrected chi connectivity index (χ0v) is 11.6. The highest BCUT2D eigenvalue weighted by Gasteiger charge is 2.26. The van der Waals surface area contributed by atoms with E-state index in [0.29, 0.717) is 0 Å². The van der Waals surface area contributed by atoms with E-state index in [1.165, 1.54) is 12.8 Å². The van der Waals surface area contributed by atoms with Crippen LogP contribution in [-0.2, 0) is 4.79 Å². The van der Waals surface area contributed by atoms with Gasteiger partial charge in [-0.05, 0) is 37.8 Å². The van der Waals surface area contributed by atoms with Crippen LogP contribution in [0.2, 0.25) is 0 Å². The van der Waals surface area contributed by atoms with Crippen molar-refractivity contribution in [1.82, 2.24) is 10.3 Å².